The van der Waals surface area contributed by atoms with E-state index in [-0.39, 0.29) is 44.6 Å². The first-order valence-electron chi connectivity index (χ1n) is 40.0. The van der Waals surface area contributed by atoms with Crippen LogP contribution in [0.2, 0.25) is 0 Å². The number of benzene rings is 7. The number of hydrogen-bond donors (Lipinski definition) is 0. The van der Waals surface area contributed by atoms with Gasteiger partial charge in [0.2, 0.25) is 22.9 Å². The van der Waals surface area contributed by atoms with Gasteiger partial charge in [-0.05, 0) is 159 Å². The second kappa shape index (κ2) is 44.4. The molecular weight excluding hydrogens is 1470 g/mol. The van der Waals surface area contributed by atoms with Crippen LogP contribution in [0.25, 0.3) is 96.6 Å². The molecule has 9 aromatic heterocycles. The summed E-state index contributed by atoms with van der Waals surface area (Å²) in [5.74, 6) is 6.28. The van der Waals surface area contributed by atoms with E-state index in [9.17, 15) is 0 Å². The van der Waals surface area contributed by atoms with Crippen LogP contribution in [0.1, 0.15) is 174 Å². The van der Waals surface area contributed by atoms with Gasteiger partial charge < -0.3 is 13.7 Å². The van der Waals surface area contributed by atoms with E-state index >= 15 is 0 Å². The molecule has 0 saturated heterocycles. The summed E-state index contributed by atoms with van der Waals surface area (Å²) < 4.78 is 26.5. The summed E-state index contributed by atoms with van der Waals surface area (Å²) in [5.41, 5.74) is 28.5. The predicted molar refractivity (Wildman–Crippen MR) is 509 cm³/mol. The summed E-state index contributed by atoms with van der Waals surface area (Å²) >= 11 is 0. The number of pyridine rings is 3. The van der Waals surface area contributed by atoms with Gasteiger partial charge in [-0.15, -0.1) is 0 Å². The highest BCUT2D eigenvalue weighted by Crippen LogP contribution is 2.38. The first-order chi connectivity index (χ1) is 54.7. The normalized spacial score (nSPS) is 10.5. The van der Waals surface area contributed by atoms with Crippen molar-refractivity contribution in [2.75, 3.05) is 0 Å². The van der Waals surface area contributed by atoms with E-state index in [4.69, 9.17) is 0 Å². The van der Waals surface area contributed by atoms with Gasteiger partial charge >= 0.3 is 17.5 Å². The number of nitrogens with zero attached hydrogens (tertiary/aromatic N) is 13. The van der Waals surface area contributed by atoms with Crippen LogP contribution < -0.4 is 27.4 Å². The van der Waals surface area contributed by atoms with Gasteiger partial charge in [0.1, 0.15) is 74.4 Å². The first-order valence-corrected chi connectivity index (χ1v) is 40.0. The van der Waals surface area contributed by atoms with Crippen LogP contribution in [-0.4, -0.2) is 32.4 Å². The third-order valence-corrected chi connectivity index (χ3v) is 21.5. The topological polar surface area (TPSA) is 65.8 Å². The Bertz CT molecular complexity index is 5800. The molecule has 0 amide bonds. The second-order valence-electron chi connectivity index (χ2n) is 31.4. The van der Waals surface area contributed by atoms with Crippen LogP contribution in [0.4, 0.5) is 0 Å². The van der Waals surface area contributed by atoms with E-state index in [2.05, 4.69) is 450 Å². The van der Waals surface area contributed by atoms with Gasteiger partial charge in [0.25, 0.3) is 0 Å². The Kier molecular flexibility index (Phi) is 36.4. The zero-order chi connectivity index (χ0) is 81.6. The van der Waals surface area contributed by atoms with Gasteiger partial charge in [-0.3, -0.25) is 0 Å². The van der Waals surface area contributed by atoms with Crippen molar-refractivity contribution >= 4 is 11.0 Å². The number of hydrogen-bond acceptors (Lipinski definition) is 1. The van der Waals surface area contributed by atoms with Gasteiger partial charge in [-0.1, -0.05) is 221 Å². The van der Waals surface area contributed by atoms with Gasteiger partial charge in [-0.25, -0.2) is 32.4 Å². The summed E-state index contributed by atoms with van der Waals surface area (Å²) in [6.45, 7) is 28.9. The average Bonchev–Trinajstić information content (AvgIpc) is 1.58. The Balaban J connectivity index is 0.000000258. The summed E-state index contributed by atoms with van der Waals surface area (Å²) in [7, 11) is 18.8. The third-order valence-electron chi connectivity index (χ3n) is 21.5. The maximum atomic E-state index is 4.43. The molecule has 13 heteroatoms. The summed E-state index contributed by atoms with van der Waals surface area (Å²) in [6.07, 6.45) is 22.8. The fourth-order valence-electron chi connectivity index (χ4n) is 15.2. The SMILES string of the molecule is C.C.C.C.C.C.CC(C)c1cccc(C(C)C)c1-n1c(-c2cccn2C)[n+](C)c2ccccc21.CC(C)c1cccc(C(C)C)c1-n1cc[n+](C)c1-c1cccn1C.Cc1cc[n+](C)c(-c2ccccc2C)c1.Cc1ccc(-c2ccccc2C)[n+](C)c1.Cc1ccccc1-c1cccc[n+]1C.Cn1ccnc1-c1n(-c2ccccc2)cc[n+]1C. The molecule has 0 aliphatic rings. The van der Waals surface area contributed by atoms with Crippen molar-refractivity contribution in [1.29, 1.82) is 0 Å². The van der Waals surface area contributed by atoms with Crippen molar-refractivity contribution < 1.29 is 27.4 Å². The first kappa shape index (κ1) is 98.2. The average molecular weight is 1610 g/mol. The highest BCUT2D eigenvalue weighted by atomic mass is 15.2. The standard InChI is InChI=1S/C25H30N3.C21H28N3.C14H15N4.2C14H16N.C13H14N.6CH4/c1-17(2)19-11-9-12-20(18(3)4)24(19)28-22-14-8-7-13-21(22)27(6)25(28)23-15-10-16-26(23)5;1-15(2)17-9-7-10-18(16(3)4)20(17)24-14-13-23(6)21(24)19-11-8-12-22(19)5;1-16-9-8-15-13(16)14-17(2)10-11-18(14)12-6-4-3-5-7-12;1-11-8-9-15(3)14(10-11)13-7-5-4-6-12(13)2;1-11-8-9-14(15(3)10-11)13-7-5-4-6-12(13)2;1-11-7-3-4-8-12(11)13-9-5-6-10-14(13)2;;;;;;/h7-18H,1-6H3;7-16H,1-6H3;3-11H,1-2H3;2*4-10H,1-3H3;3-10H,1-2H3;6*1H4/q6*+1;;;;;;. The minimum Gasteiger partial charge on any atom is -0.344 e. The van der Waals surface area contributed by atoms with E-state index in [0.29, 0.717) is 23.7 Å². The lowest BCUT2D eigenvalue weighted by atomic mass is 9.92. The van der Waals surface area contributed by atoms with E-state index in [1.165, 1.54) is 129 Å². The molecular formula is C107H143N13+6. The molecule has 0 atom stereocenters. The fraction of sp³-hybridized carbons (Fsp3) is 0.299. The maximum Gasteiger partial charge on any atom is 0.330 e. The van der Waals surface area contributed by atoms with Crippen molar-refractivity contribution in [1.82, 2.24) is 32.4 Å². The Morgan fingerprint density at radius 2 is 0.758 bits per heavy atom. The lowest BCUT2D eigenvalue weighted by Gasteiger charge is -2.18. The van der Waals surface area contributed by atoms with Crippen molar-refractivity contribution in [2.24, 2.45) is 63.4 Å². The zero-order valence-corrected chi connectivity index (χ0v) is 71.4. The van der Waals surface area contributed by atoms with Crippen LogP contribution in [0.3, 0.4) is 0 Å². The Hall–Kier alpha value is -12.4. The lowest BCUT2D eigenvalue weighted by molar-refractivity contribution is -0.660. The molecule has 7 aromatic carbocycles. The molecule has 0 unspecified atom stereocenters. The minimum absolute atomic E-state index is 0. The van der Waals surface area contributed by atoms with Crippen LogP contribution >= 0.6 is 0 Å². The van der Waals surface area contributed by atoms with E-state index < -0.39 is 0 Å². The van der Waals surface area contributed by atoms with E-state index in [1.54, 1.807) is 0 Å². The van der Waals surface area contributed by atoms with Crippen LogP contribution in [0.15, 0.2) is 299 Å². The molecule has 120 heavy (non-hydrogen) atoms. The number of aromatic nitrogens is 13. The second-order valence-corrected chi connectivity index (χ2v) is 31.4. The Morgan fingerprint density at radius 1 is 0.317 bits per heavy atom. The summed E-state index contributed by atoms with van der Waals surface area (Å²) in [4.78, 5) is 4.43. The van der Waals surface area contributed by atoms with Crippen LogP contribution in [0.5, 0.6) is 0 Å². The summed E-state index contributed by atoms with van der Waals surface area (Å²) in [6, 6.07) is 81.5. The fourth-order valence-corrected chi connectivity index (χ4v) is 15.2. The van der Waals surface area contributed by atoms with Crippen molar-refractivity contribution in [3.8, 4) is 85.5 Å². The van der Waals surface area contributed by atoms with E-state index in [1.807, 2.05) is 61.5 Å². The van der Waals surface area contributed by atoms with Gasteiger partial charge in [0.15, 0.2) is 29.6 Å². The van der Waals surface area contributed by atoms with Gasteiger partial charge in [0, 0.05) is 121 Å². The van der Waals surface area contributed by atoms with Gasteiger partial charge in [0.05, 0.1) is 21.1 Å². The smallest absolute Gasteiger partial charge is 0.330 e. The molecule has 0 aliphatic heterocycles. The summed E-state index contributed by atoms with van der Waals surface area (Å²) in [5, 5.41) is 0. The number of imidazole rings is 4. The molecule has 0 fully saturated rings. The van der Waals surface area contributed by atoms with Crippen LogP contribution in [0, 0.1) is 34.6 Å². The van der Waals surface area contributed by atoms with Crippen molar-refractivity contribution in [3.05, 3.63) is 349 Å². The molecule has 16 aromatic rings. The molecule has 630 valence electrons. The number of rotatable bonds is 13. The molecule has 9 heterocycles. The molecule has 16 rings (SSSR count). The highest BCUT2D eigenvalue weighted by molar-refractivity contribution is 5.80. The predicted octanol–water partition coefficient (Wildman–Crippen LogP) is 23.9. The number of aryl methyl sites for hydroxylation is 14. The number of para-hydroxylation sites is 5. The molecule has 0 bridgehead atoms. The molecule has 0 N–H and O–H groups in total. The molecule has 0 radical (unpaired) electrons. The molecule has 13 nitrogen and oxygen atoms in total. The number of fused-ring (bicyclic) bond motifs is 1. The van der Waals surface area contributed by atoms with Crippen LogP contribution in [-0.2, 0) is 63.4 Å². The Morgan fingerprint density at radius 3 is 1.23 bits per heavy atom. The molecule has 0 spiro atoms. The lowest BCUT2D eigenvalue weighted by Crippen LogP contribution is -2.31. The monoisotopic (exact) mass is 1610 g/mol. The molecule has 0 saturated carbocycles. The minimum atomic E-state index is 0. The van der Waals surface area contributed by atoms with Crippen molar-refractivity contribution in [2.45, 2.75) is 158 Å². The third kappa shape index (κ3) is 22.1. The zero-order valence-electron chi connectivity index (χ0n) is 71.4. The quantitative estimate of drug-likeness (QED) is 0.106. The highest BCUT2D eigenvalue weighted by Gasteiger charge is 2.33. The van der Waals surface area contributed by atoms with Gasteiger partial charge in [-0.2, -0.15) is 13.7 Å². The Labute approximate surface area is 722 Å². The maximum absolute atomic E-state index is 4.43. The largest absolute Gasteiger partial charge is 0.344 e. The van der Waals surface area contributed by atoms with Crippen molar-refractivity contribution in [3.63, 3.8) is 0 Å². The van der Waals surface area contributed by atoms with E-state index in [0.717, 1.165) is 17.3 Å². The molecule has 0 aliphatic carbocycles.